The van der Waals surface area contributed by atoms with E-state index in [1.165, 1.54) is 0 Å². The van der Waals surface area contributed by atoms with Crippen LogP contribution >= 0.6 is 0 Å². The van der Waals surface area contributed by atoms with Gasteiger partial charge in [-0.05, 0) is 0 Å². The van der Waals surface area contributed by atoms with Gasteiger partial charge in [0.05, 0.1) is 0 Å². The normalized spacial score (nSPS) is 2.67. The second-order valence-electron chi connectivity index (χ2n) is 0.283. The summed E-state index contributed by atoms with van der Waals surface area (Å²) < 4.78 is 0. The number of carboxylic acid groups (broad SMARTS) is 2. The minimum absolute atomic E-state index is 0. The average molecular weight is 233 g/mol. The van der Waals surface area contributed by atoms with Crippen LogP contribution in [0.2, 0.25) is 0 Å². The zero-order valence-corrected chi connectivity index (χ0v) is 5.98. The van der Waals surface area contributed by atoms with E-state index < -0.39 is 6.16 Å². The van der Waals surface area contributed by atoms with E-state index in [-0.39, 0.29) is 45.0 Å². The van der Waals surface area contributed by atoms with Crippen molar-refractivity contribution in [2.45, 2.75) is 0 Å². The molecule has 0 aliphatic carbocycles. The molecule has 0 aliphatic heterocycles. The molecule has 0 spiro atoms. The van der Waals surface area contributed by atoms with Gasteiger partial charge in [0, 0.05) is 20.4 Å². The molecule has 0 aliphatic rings. The number of hydrogen-bond donors (Lipinski definition) is 2. The van der Waals surface area contributed by atoms with Crippen molar-refractivity contribution in [2.24, 2.45) is 0 Å². The summed E-state index contributed by atoms with van der Waals surface area (Å²) in [5.41, 5.74) is 0. The Hall–Kier alpha value is -0.228. The van der Waals surface area contributed by atoms with E-state index in [9.17, 15) is 0 Å². The van der Waals surface area contributed by atoms with Gasteiger partial charge in [-0.1, -0.05) is 0 Å². The fraction of sp³-hybridized carbons (Fsp3) is 0. The second-order valence-corrected chi connectivity index (χ2v) is 0.283. The summed E-state index contributed by atoms with van der Waals surface area (Å²) in [6.07, 6.45) is -1.83. The Balaban J connectivity index is -0.00000000450. The fourth-order valence-corrected chi connectivity index (χ4v) is 0. The first-order valence-corrected chi connectivity index (χ1v) is 0.651. The van der Waals surface area contributed by atoms with Crippen LogP contribution in [0.25, 0.3) is 24.6 Å². The Morgan fingerprint density at radius 3 is 0.889 bits per heavy atom. The van der Waals surface area contributed by atoms with Crippen molar-refractivity contribution in [3.8, 4) is 0 Å². The Labute approximate surface area is 66.8 Å². The molecule has 0 saturated heterocycles. The zero-order valence-electron chi connectivity index (χ0n) is 4.43. The summed E-state index contributed by atoms with van der Waals surface area (Å²) in [7, 11) is 0. The summed E-state index contributed by atoms with van der Waals surface area (Å²) in [6, 6.07) is 0. The first-order valence-electron chi connectivity index (χ1n) is 0.651. The zero-order chi connectivity index (χ0) is 3.58. The van der Waals surface area contributed by atoms with Crippen molar-refractivity contribution >= 4 is 6.16 Å². The fourth-order valence-electron chi connectivity index (χ4n) is 0. The van der Waals surface area contributed by atoms with Gasteiger partial charge in [-0.15, -0.1) is 0 Å². The van der Waals surface area contributed by atoms with Gasteiger partial charge >= 0.3 is 6.16 Å². The molecule has 0 unspecified atom stereocenters. The molecule has 0 aromatic rings. The van der Waals surface area contributed by atoms with Gasteiger partial charge in [0.15, 0.2) is 0 Å². The number of nitrogens with two attached hydrogens (primary N) is 4. The van der Waals surface area contributed by atoms with Gasteiger partial charge < -0.3 is 34.8 Å². The topological polar surface area (TPSA) is 192 Å². The van der Waals surface area contributed by atoms with Crippen molar-refractivity contribution in [3.63, 3.8) is 0 Å². The third kappa shape index (κ3) is 5000. The van der Waals surface area contributed by atoms with Crippen LogP contribution in [0.5, 0.6) is 0 Å². The molecule has 7 nitrogen and oxygen atoms in total. The molecule has 0 atom stereocenters. The minimum atomic E-state index is -1.83. The summed E-state index contributed by atoms with van der Waals surface area (Å²) in [5, 5.41) is 13.9. The van der Waals surface area contributed by atoms with Crippen molar-refractivity contribution in [2.75, 3.05) is 0 Å². The predicted octanol–water partition coefficient (Wildman–Crippen LogP) is 3.09. The molecule has 0 bridgehead atoms. The third-order valence-corrected chi connectivity index (χ3v) is 0. The van der Waals surface area contributed by atoms with E-state index in [0.29, 0.717) is 0 Å². The van der Waals surface area contributed by atoms with Gasteiger partial charge in [0.1, 0.15) is 0 Å². The maximum atomic E-state index is 8.56. The van der Waals surface area contributed by atoms with E-state index in [4.69, 9.17) is 15.0 Å². The van der Waals surface area contributed by atoms with Crippen LogP contribution in [-0.4, -0.2) is 16.4 Å². The molecule has 0 aromatic heterocycles. The smallest absolute Gasteiger partial charge is 0.503 e. The van der Waals surface area contributed by atoms with Crippen LogP contribution < -0.4 is 0 Å². The third-order valence-electron chi connectivity index (χ3n) is 0. The Morgan fingerprint density at radius 2 is 0.889 bits per heavy atom. The van der Waals surface area contributed by atoms with Gasteiger partial charge in [0.25, 0.3) is 0 Å². The largest absolute Gasteiger partial charge is 0.693 e. The average Bonchev–Trinajstić information content (AvgIpc) is 0.811. The summed E-state index contributed by atoms with van der Waals surface area (Å²) in [4.78, 5) is 8.56. The van der Waals surface area contributed by atoms with Gasteiger partial charge in [-0.3, -0.25) is 0 Å². The summed E-state index contributed by atoms with van der Waals surface area (Å²) in [6.45, 7) is 0. The monoisotopic (exact) mass is 232 g/mol. The Bertz CT molecular complexity index is 38.8. The van der Waals surface area contributed by atoms with Crippen LogP contribution in [0.15, 0.2) is 0 Å². The Morgan fingerprint density at radius 1 is 0.889 bits per heavy atom. The molecule has 8 heteroatoms. The number of hydrogen-bond acceptors (Lipinski definition) is 1. The molecular weight excluding hydrogens is 222 g/mol. The van der Waals surface area contributed by atoms with Crippen molar-refractivity contribution in [1.82, 2.24) is 0 Å². The molecule has 0 saturated carbocycles. The molecule has 0 aromatic carbocycles. The van der Waals surface area contributed by atoms with Crippen molar-refractivity contribution in [3.05, 3.63) is 24.6 Å². The maximum absolute atomic E-state index is 8.56. The van der Waals surface area contributed by atoms with Crippen LogP contribution in [0.3, 0.4) is 0 Å². The molecule has 0 rings (SSSR count). The molecule has 0 amide bonds. The van der Waals surface area contributed by atoms with Crippen LogP contribution in [-0.2, 0) is 20.4 Å². The van der Waals surface area contributed by atoms with Gasteiger partial charge in [-0.2, -0.15) is 0 Å². The van der Waals surface area contributed by atoms with Crippen molar-refractivity contribution < 1.29 is 35.4 Å². The second kappa shape index (κ2) is 46.4. The van der Waals surface area contributed by atoms with Crippen molar-refractivity contribution in [1.29, 1.82) is 0 Å². The van der Waals surface area contributed by atoms with E-state index in [1.807, 2.05) is 0 Å². The van der Waals surface area contributed by atoms with Crippen LogP contribution in [0.1, 0.15) is 0 Å². The first-order chi connectivity index (χ1) is 1.73. The first kappa shape index (κ1) is 68.9. The van der Waals surface area contributed by atoms with Gasteiger partial charge in [0.2, 0.25) is 0 Å². The van der Waals surface area contributed by atoms with E-state index in [2.05, 4.69) is 0 Å². The molecule has 0 radical (unpaired) electrons. The number of carbonyl (C=O) groups is 1. The standard InChI is InChI=1S/CH2O3.4H2N.Pd/c2-1(3)4;;;;;/h(H2,2,3,4);4*1H2;/q;4*-1;. The molecule has 10 N–H and O–H groups in total. The van der Waals surface area contributed by atoms with Gasteiger partial charge in [-0.25, -0.2) is 4.79 Å². The predicted molar refractivity (Wildman–Crippen MR) is 31.8 cm³/mol. The summed E-state index contributed by atoms with van der Waals surface area (Å²) in [5.74, 6) is 0. The SMILES string of the molecule is O=C(O)O.[NH2-].[NH2-].[NH2-].[NH2-].[Pd]. The van der Waals surface area contributed by atoms with Crippen LogP contribution in [0, 0.1) is 0 Å². The number of rotatable bonds is 0. The molecule has 66 valence electrons. The molecular formula is CH10N4O3Pd-4. The molecule has 9 heavy (non-hydrogen) atoms. The minimum Gasteiger partial charge on any atom is -0.693 e. The van der Waals surface area contributed by atoms with E-state index >= 15 is 0 Å². The summed E-state index contributed by atoms with van der Waals surface area (Å²) >= 11 is 0. The van der Waals surface area contributed by atoms with Crippen LogP contribution in [0.4, 0.5) is 4.79 Å². The molecule has 0 fully saturated rings. The van der Waals surface area contributed by atoms with E-state index in [1.54, 1.807) is 0 Å². The Kier molecular flexibility index (Phi) is 355. The molecule has 0 heterocycles. The maximum Gasteiger partial charge on any atom is 0.503 e. The van der Waals surface area contributed by atoms with E-state index in [0.717, 1.165) is 0 Å². The quantitative estimate of drug-likeness (QED) is 0.607.